The molecule has 256 valence electrons. The van der Waals surface area contributed by atoms with Gasteiger partial charge in [-0.1, -0.05) is 46.2 Å². The highest BCUT2D eigenvalue weighted by Crippen LogP contribution is 2.37. The predicted octanol–water partition coefficient (Wildman–Crippen LogP) is 8.31. The van der Waals surface area contributed by atoms with Crippen LogP contribution in [0.4, 0.5) is 0 Å². The number of aromatic nitrogens is 4. The molecule has 0 aliphatic rings. The normalized spacial score (nSPS) is 14.0. The number of hydrogen-bond donors (Lipinski definition) is 1. The van der Waals surface area contributed by atoms with Gasteiger partial charge < -0.3 is 13.9 Å². The molecule has 1 N–H and O–H groups in total. The lowest BCUT2D eigenvalue weighted by atomic mass is 10.1. The molecular formula is C36H53N5O4SSi. The second-order valence-electron chi connectivity index (χ2n) is 14.5. The fraction of sp³-hybridized carbons (Fsp3) is 0.528. The lowest BCUT2D eigenvalue weighted by Crippen LogP contribution is -2.40. The first kappa shape index (κ1) is 36.9. The van der Waals surface area contributed by atoms with Gasteiger partial charge in [0.2, 0.25) is 0 Å². The highest BCUT2D eigenvalue weighted by atomic mass is 32.2. The molecule has 0 saturated heterocycles. The fourth-order valence-electron chi connectivity index (χ4n) is 4.73. The molecule has 0 aliphatic heterocycles. The van der Waals surface area contributed by atoms with Crippen LogP contribution >= 0.6 is 0 Å². The summed E-state index contributed by atoms with van der Waals surface area (Å²) in [6.45, 7) is 20.8. The van der Waals surface area contributed by atoms with Crippen molar-refractivity contribution in [3.63, 3.8) is 0 Å². The third-order valence-electron chi connectivity index (χ3n) is 8.60. The lowest BCUT2D eigenvalue weighted by molar-refractivity contribution is 0.172. The third kappa shape index (κ3) is 9.35. The lowest BCUT2D eigenvalue weighted by Gasteiger charge is -2.36. The summed E-state index contributed by atoms with van der Waals surface area (Å²) in [4.78, 5) is 10.1. The Balaban J connectivity index is 1.75. The van der Waals surface area contributed by atoms with Crippen LogP contribution in [-0.4, -0.2) is 57.3 Å². The third-order valence-corrected chi connectivity index (χ3v) is 14.7. The number of nitrogens with zero attached hydrogens (tertiary/aromatic N) is 4. The first-order chi connectivity index (χ1) is 22.1. The van der Waals surface area contributed by atoms with Gasteiger partial charge in [0.15, 0.2) is 14.1 Å². The Bertz CT molecular complexity index is 1660. The van der Waals surface area contributed by atoms with E-state index in [0.29, 0.717) is 25.6 Å². The molecular weight excluding hydrogens is 627 g/mol. The zero-order valence-corrected chi connectivity index (χ0v) is 31.7. The van der Waals surface area contributed by atoms with Crippen molar-refractivity contribution in [3.05, 3.63) is 66.1 Å². The predicted molar refractivity (Wildman–Crippen MR) is 195 cm³/mol. The van der Waals surface area contributed by atoms with Crippen LogP contribution in [-0.2, 0) is 26.8 Å². The smallest absolute Gasteiger partial charge is 0.192 e. The molecule has 0 fully saturated rings. The van der Waals surface area contributed by atoms with Gasteiger partial charge >= 0.3 is 0 Å². The molecule has 0 spiro atoms. The van der Waals surface area contributed by atoms with Crippen LogP contribution in [0.2, 0.25) is 18.1 Å². The number of rotatable bonds is 15. The van der Waals surface area contributed by atoms with E-state index in [9.17, 15) is 4.21 Å². The molecule has 3 heterocycles. The second kappa shape index (κ2) is 15.5. The van der Waals surface area contributed by atoms with Crippen LogP contribution in [0.3, 0.4) is 0 Å². The monoisotopic (exact) mass is 679 g/mol. The molecule has 3 aromatic heterocycles. The van der Waals surface area contributed by atoms with Crippen molar-refractivity contribution in [2.75, 3.05) is 20.3 Å². The van der Waals surface area contributed by atoms with Crippen LogP contribution in [0.15, 0.2) is 54.7 Å². The van der Waals surface area contributed by atoms with E-state index in [2.05, 4.69) is 51.6 Å². The SMILES string of the molecule is CCC[C@H](N[S@](=O)C(C)(C)C)c1cccc(-c2cc(OCCCOC)c3cnn(-c4cccc(CO[Si](C)(C)C(C)(C)C)n4)c3c2)n1. The van der Waals surface area contributed by atoms with Gasteiger partial charge in [0.1, 0.15) is 5.75 Å². The molecule has 0 bridgehead atoms. The summed E-state index contributed by atoms with van der Waals surface area (Å²) in [5, 5.41) is 5.77. The summed E-state index contributed by atoms with van der Waals surface area (Å²) in [5.41, 5.74) is 4.28. The molecule has 47 heavy (non-hydrogen) atoms. The average molecular weight is 680 g/mol. The average Bonchev–Trinajstić information content (AvgIpc) is 3.45. The van der Waals surface area contributed by atoms with Crippen LogP contribution in [0, 0.1) is 0 Å². The number of nitrogens with one attached hydrogen (secondary N) is 1. The fourth-order valence-corrected chi connectivity index (χ4v) is 6.53. The maximum Gasteiger partial charge on any atom is 0.192 e. The van der Waals surface area contributed by atoms with E-state index in [1.54, 1.807) is 7.11 Å². The zero-order valence-electron chi connectivity index (χ0n) is 29.8. The molecule has 2 atom stereocenters. The Kier molecular flexibility index (Phi) is 12.2. The minimum absolute atomic E-state index is 0.112. The Hall–Kier alpha value is -2.96. The summed E-state index contributed by atoms with van der Waals surface area (Å²) in [5.74, 6) is 1.43. The van der Waals surface area contributed by atoms with E-state index in [1.165, 1.54) is 0 Å². The van der Waals surface area contributed by atoms with Crippen molar-refractivity contribution in [2.24, 2.45) is 0 Å². The van der Waals surface area contributed by atoms with Gasteiger partial charge in [-0.2, -0.15) is 5.10 Å². The summed E-state index contributed by atoms with van der Waals surface area (Å²) in [6.07, 6.45) is 4.34. The van der Waals surface area contributed by atoms with Crippen LogP contribution in [0.25, 0.3) is 28.0 Å². The molecule has 4 aromatic rings. The van der Waals surface area contributed by atoms with Gasteiger partial charge in [0.05, 0.1) is 69.2 Å². The molecule has 11 heteroatoms. The quantitative estimate of drug-likeness (QED) is 0.0996. The molecule has 0 aliphatic carbocycles. The maximum atomic E-state index is 13.0. The maximum absolute atomic E-state index is 13.0. The number of ether oxygens (including phenoxy) is 2. The number of hydrogen-bond acceptors (Lipinski definition) is 7. The number of benzene rings is 1. The van der Waals surface area contributed by atoms with Crippen molar-refractivity contribution in [3.8, 4) is 22.8 Å². The minimum atomic E-state index is -1.94. The summed E-state index contributed by atoms with van der Waals surface area (Å²) >= 11 is 0. The molecule has 9 nitrogen and oxygen atoms in total. The van der Waals surface area contributed by atoms with Crippen molar-refractivity contribution in [2.45, 2.75) is 103 Å². The minimum Gasteiger partial charge on any atom is -0.493 e. The van der Waals surface area contributed by atoms with Gasteiger partial charge in [-0.25, -0.2) is 18.6 Å². The second-order valence-corrected chi connectivity index (χ2v) is 21.3. The van der Waals surface area contributed by atoms with E-state index < -0.39 is 19.3 Å². The number of pyridine rings is 2. The van der Waals surface area contributed by atoms with Crippen LogP contribution in [0.1, 0.15) is 85.2 Å². The molecule has 4 rings (SSSR count). The summed E-state index contributed by atoms with van der Waals surface area (Å²) in [6, 6.07) is 16.0. The Labute approximate surface area is 284 Å². The highest BCUT2D eigenvalue weighted by molar-refractivity contribution is 7.84. The zero-order chi connectivity index (χ0) is 34.4. The first-order valence-corrected chi connectivity index (χ1v) is 20.6. The van der Waals surface area contributed by atoms with Crippen molar-refractivity contribution < 1.29 is 18.1 Å². The van der Waals surface area contributed by atoms with Crippen molar-refractivity contribution >= 4 is 30.2 Å². The highest BCUT2D eigenvalue weighted by Gasteiger charge is 2.37. The summed E-state index contributed by atoms with van der Waals surface area (Å²) < 4.78 is 35.9. The molecule has 0 saturated carbocycles. The van der Waals surface area contributed by atoms with Crippen LogP contribution in [0.5, 0.6) is 5.75 Å². The molecule has 0 amide bonds. The van der Waals surface area contributed by atoms with Crippen molar-refractivity contribution in [1.29, 1.82) is 0 Å². The van der Waals surface area contributed by atoms with Gasteiger partial charge in [0.25, 0.3) is 0 Å². The largest absolute Gasteiger partial charge is 0.493 e. The molecule has 0 unspecified atom stereocenters. The number of methoxy groups -OCH3 is 1. The van der Waals surface area contributed by atoms with E-state index >= 15 is 0 Å². The molecule has 1 aromatic carbocycles. The van der Waals surface area contributed by atoms with Gasteiger partial charge in [0, 0.05) is 25.7 Å². The van der Waals surface area contributed by atoms with E-state index in [0.717, 1.165) is 58.6 Å². The standard InChI is InChI=1S/C36H53N5O4SSi/c1-11-15-31(40-46(42)35(2,3)4)30-18-13-17-29(39-30)26-22-32-28(33(23-26)44-21-14-20-43-8)24-37-41(32)34-19-12-16-27(38-34)25-45-47(9,10)36(5,6)7/h12-13,16-19,22-24,31,40H,11,14-15,20-21,25H2,1-10H3/t31-,46+/m0/s1. The van der Waals surface area contributed by atoms with E-state index in [1.807, 2.05) is 74.1 Å². The van der Waals surface area contributed by atoms with E-state index in [4.69, 9.17) is 29.0 Å². The van der Waals surface area contributed by atoms with E-state index in [-0.39, 0.29) is 15.8 Å². The Morgan fingerprint density at radius 2 is 1.74 bits per heavy atom. The summed E-state index contributed by atoms with van der Waals surface area (Å²) in [7, 11) is -1.47. The van der Waals surface area contributed by atoms with Crippen molar-refractivity contribution in [1.82, 2.24) is 24.5 Å². The topological polar surface area (TPSA) is 100 Å². The van der Waals surface area contributed by atoms with Gasteiger partial charge in [-0.3, -0.25) is 4.98 Å². The Morgan fingerprint density at radius 3 is 2.43 bits per heavy atom. The number of fused-ring (bicyclic) bond motifs is 1. The first-order valence-electron chi connectivity index (χ1n) is 16.5. The van der Waals surface area contributed by atoms with Gasteiger partial charge in [-0.05, 0) is 81.7 Å². The van der Waals surface area contributed by atoms with Crippen LogP contribution < -0.4 is 9.46 Å². The van der Waals surface area contributed by atoms with Gasteiger partial charge in [-0.15, -0.1) is 0 Å². The Morgan fingerprint density at radius 1 is 1.00 bits per heavy atom. The molecule has 0 radical (unpaired) electrons.